The summed E-state index contributed by atoms with van der Waals surface area (Å²) in [5.74, 6) is -1.79. The van der Waals surface area contributed by atoms with Crippen LogP contribution in [-0.2, 0) is 14.3 Å². The van der Waals surface area contributed by atoms with Crippen LogP contribution in [0.25, 0.3) is 0 Å². The van der Waals surface area contributed by atoms with Crippen LogP contribution in [0.2, 0.25) is 0 Å². The quantitative estimate of drug-likeness (QED) is 0.219. The average Bonchev–Trinajstić information content (AvgIpc) is 2.83. The Kier molecular flexibility index (Phi) is 11.6. The van der Waals surface area contributed by atoms with Gasteiger partial charge in [-0.3, -0.25) is 5.32 Å². The van der Waals surface area contributed by atoms with E-state index in [4.69, 9.17) is 19.3 Å². The number of hydrogen-bond acceptors (Lipinski definition) is 6. The third kappa shape index (κ3) is 9.50. The minimum Gasteiger partial charge on any atom is -0.491 e. The maximum atomic E-state index is 14.0. The zero-order valence-electron chi connectivity index (χ0n) is 20.5. The molecule has 2 N–H and O–H groups in total. The lowest BCUT2D eigenvalue weighted by molar-refractivity contribution is -0.137. The average molecular weight is 504 g/mol. The molecule has 0 radical (unpaired) electrons. The molecule has 2 aromatic carbocycles. The summed E-state index contributed by atoms with van der Waals surface area (Å²) >= 11 is 0. The highest BCUT2D eigenvalue weighted by atomic mass is 19.1. The lowest BCUT2D eigenvalue weighted by atomic mass is 9.94. The fraction of sp³-hybridized carbons (Fsp3) is 0.333. The predicted octanol–water partition coefficient (Wildman–Crippen LogP) is 5.72. The van der Waals surface area contributed by atoms with Crippen molar-refractivity contribution in [2.45, 2.75) is 33.3 Å². The molecule has 2 atom stereocenters. The molecule has 0 aromatic heterocycles. The van der Waals surface area contributed by atoms with Gasteiger partial charge in [-0.05, 0) is 55.7 Å². The number of hydrogen-bond donors (Lipinski definition) is 2. The van der Waals surface area contributed by atoms with Gasteiger partial charge in [0, 0.05) is 18.1 Å². The number of rotatable bonds is 12. The van der Waals surface area contributed by atoms with Crippen LogP contribution >= 0.6 is 0 Å². The lowest BCUT2D eigenvalue weighted by Crippen LogP contribution is -2.22. The molecular weight excluding hydrogens is 472 g/mol. The molecule has 2 aromatic rings. The summed E-state index contributed by atoms with van der Waals surface area (Å²) in [6.07, 6.45) is 3.86. The van der Waals surface area contributed by atoms with Gasteiger partial charge < -0.3 is 19.3 Å². The SMILES string of the molecule is CCOC(=O)/C=C(C)/C=C/C[C@@H](C)[C@H](OC(=O)Nc1ccc(F)cc1F)c1ccc(OCCO)cc1. The standard InChI is InChI=1S/C27H31F2NO6/c1-4-34-25(32)16-18(2)6-5-7-19(3)26(20-8-11-22(12-9-20)35-15-14-31)36-27(33)30-24-13-10-21(28)17-23(24)29/h5-6,8-13,16-17,19,26,31H,4,7,14-15H2,1-3H3,(H,30,33)/b6-5+,18-16+/t19-,26+/m1/s1. The molecule has 0 saturated carbocycles. The van der Waals surface area contributed by atoms with Gasteiger partial charge in [0.25, 0.3) is 0 Å². The first kappa shape index (κ1) is 28.5. The van der Waals surface area contributed by atoms with Gasteiger partial charge in [-0.2, -0.15) is 0 Å². The summed E-state index contributed by atoms with van der Waals surface area (Å²) in [6, 6.07) is 9.64. The molecule has 2 rings (SSSR count). The summed E-state index contributed by atoms with van der Waals surface area (Å²) in [6.45, 7) is 5.68. The number of halogens is 2. The molecule has 0 aliphatic rings. The Morgan fingerprint density at radius 1 is 1.14 bits per heavy atom. The number of amides is 1. The monoisotopic (exact) mass is 503 g/mol. The van der Waals surface area contributed by atoms with E-state index in [1.54, 1.807) is 44.2 Å². The van der Waals surface area contributed by atoms with Crippen LogP contribution in [-0.4, -0.2) is 37.0 Å². The minimum absolute atomic E-state index is 0.124. The van der Waals surface area contributed by atoms with Crippen molar-refractivity contribution in [2.24, 2.45) is 5.92 Å². The molecule has 0 fully saturated rings. The number of esters is 1. The van der Waals surface area contributed by atoms with E-state index in [0.717, 1.165) is 12.1 Å². The summed E-state index contributed by atoms with van der Waals surface area (Å²) in [5.41, 5.74) is 1.16. The van der Waals surface area contributed by atoms with Gasteiger partial charge in [-0.15, -0.1) is 0 Å². The molecule has 9 heteroatoms. The molecule has 0 heterocycles. The maximum Gasteiger partial charge on any atom is 0.412 e. The smallest absolute Gasteiger partial charge is 0.412 e. The van der Waals surface area contributed by atoms with E-state index in [0.29, 0.717) is 29.4 Å². The third-order valence-electron chi connectivity index (χ3n) is 5.01. The number of nitrogens with one attached hydrogen (secondary N) is 1. The van der Waals surface area contributed by atoms with Crippen LogP contribution in [0.15, 0.2) is 66.3 Å². The van der Waals surface area contributed by atoms with Crippen molar-refractivity contribution in [3.8, 4) is 5.75 Å². The molecule has 7 nitrogen and oxygen atoms in total. The van der Waals surface area contributed by atoms with Crippen molar-refractivity contribution in [2.75, 3.05) is 25.1 Å². The molecule has 0 aliphatic heterocycles. The fourth-order valence-electron chi connectivity index (χ4n) is 3.29. The second-order valence-corrected chi connectivity index (χ2v) is 7.97. The Balaban J connectivity index is 2.17. The topological polar surface area (TPSA) is 94.1 Å². The lowest BCUT2D eigenvalue weighted by Gasteiger charge is -2.24. The number of carbonyl (C=O) groups is 2. The second kappa shape index (κ2) is 14.6. The van der Waals surface area contributed by atoms with Gasteiger partial charge in [-0.1, -0.05) is 31.2 Å². The highest BCUT2D eigenvalue weighted by Gasteiger charge is 2.24. The predicted molar refractivity (Wildman–Crippen MR) is 132 cm³/mol. The van der Waals surface area contributed by atoms with Crippen molar-refractivity contribution >= 4 is 17.7 Å². The highest BCUT2D eigenvalue weighted by Crippen LogP contribution is 2.31. The Bertz CT molecular complexity index is 1070. The number of anilines is 1. The first-order chi connectivity index (χ1) is 17.2. The zero-order chi connectivity index (χ0) is 26.5. The minimum atomic E-state index is -0.922. The summed E-state index contributed by atoms with van der Waals surface area (Å²) in [4.78, 5) is 24.2. The van der Waals surface area contributed by atoms with Gasteiger partial charge in [0.1, 0.15) is 30.1 Å². The number of carbonyl (C=O) groups excluding carboxylic acids is 2. The molecule has 0 unspecified atom stereocenters. The number of benzene rings is 2. The van der Waals surface area contributed by atoms with Gasteiger partial charge in [-0.25, -0.2) is 18.4 Å². The Morgan fingerprint density at radius 3 is 2.50 bits per heavy atom. The van der Waals surface area contributed by atoms with Gasteiger partial charge >= 0.3 is 12.1 Å². The van der Waals surface area contributed by atoms with E-state index in [1.807, 2.05) is 13.0 Å². The summed E-state index contributed by atoms with van der Waals surface area (Å²) < 4.78 is 43.1. The Labute approximate surface area is 209 Å². The van der Waals surface area contributed by atoms with Gasteiger partial charge in [0.2, 0.25) is 0 Å². The zero-order valence-corrected chi connectivity index (χ0v) is 20.5. The van der Waals surface area contributed by atoms with Crippen LogP contribution < -0.4 is 10.1 Å². The van der Waals surface area contributed by atoms with Crippen LogP contribution in [0.4, 0.5) is 19.3 Å². The molecule has 0 aliphatic carbocycles. The molecule has 1 amide bonds. The first-order valence-electron chi connectivity index (χ1n) is 11.5. The summed E-state index contributed by atoms with van der Waals surface area (Å²) in [7, 11) is 0. The molecule has 0 saturated heterocycles. The fourth-order valence-corrected chi connectivity index (χ4v) is 3.29. The number of ether oxygens (including phenoxy) is 3. The molecule has 0 bridgehead atoms. The van der Waals surface area contributed by atoms with E-state index >= 15 is 0 Å². The highest BCUT2D eigenvalue weighted by molar-refractivity contribution is 5.85. The van der Waals surface area contributed by atoms with Crippen molar-refractivity contribution in [3.63, 3.8) is 0 Å². The summed E-state index contributed by atoms with van der Waals surface area (Å²) in [5, 5.41) is 11.2. The van der Waals surface area contributed by atoms with Crippen LogP contribution in [0.5, 0.6) is 5.75 Å². The largest absolute Gasteiger partial charge is 0.491 e. The van der Waals surface area contributed by atoms with E-state index in [2.05, 4.69) is 5.32 Å². The van der Waals surface area contributed by atoms with Gasteiger partial charge in [0.05, 0.1) is 18.9 Å². The van der Waals surface area contributed by atoms with E-state index in [1.165, 1.54) is 6.08 Å². The van der Waals surface area contributed by atoms with E-state index in [9.17, 15) is 18.4 Å². The van der Waals surface area contributed by atoms with Crippen LogP contribution in [0.1, 0.15) is 38.9 Å². The van der Waals surface area contributed by atoms with Gasteiger partial charge in [0.15, 0.2) is 0 Å². The number of allylic oxidation sites excluding steroid dienone is 3. The van der Waals surface area contributed by atoms with Crippen molar-refractivity contribution in [3.05, 3.63) is 83.5 Å². The van der Waals surface area contributed by atoms with Crippen molar-refractivity contribution in [1.82, 2.24) is 0 Å². The molecule has 0 spiro atoms. The second-order valence-electron chi connectivity index (χ2n) is 7.97. The van der Waals surface area contributed by atoms with Crippen LogP contribution in [0, 0.1) is 17.6 Å². The third-order valence-corrected chi connectivity index (χ3v) is 5.01. The Hall–Kier alpha value is -3.72. The maximum absolute atomic E-state index is 14.0. The number of aliphatic hydroxyl groups excluding tert-OH is 1. The number of aliphatic hydroxyl groups is 1. The Morgan fingerprint density at radius 2 is 1.86 bits per heavy atom. The van der Waals surface area contributed by atoms with Crippen LogP contribution in [0.3, 0.4) is 0 Å². The normalized spacial score (nSPS) is 13.2. The molecule has 36 heavy (non-hydrogen) atoms. The van der Waals surface area contributed by atoms with Crippen molar-refractivity contribution < 1.29 is 37.7 Å². The molecular formula is C27H31F2NO6. The van der Waals surface area contributed by atoms with E-state index < -0.39 is 29.8 Å². The van der Waals surface area contributed by atoms with Crippen molar-refractivity contribution in [1.29, 1.82) is 0 Å². The van der Waals surface area contributed by atoms with E-state index in [-0.39, 0.29) is 31.4 Å². The molecule has 194 valence electrons. The first-order valence-corrected chi connectivity index (χ1v) is 11.5.